The molecule has 0 aliphatic heterocycles. The third-order valence-electron chi connectivity index (χ3n) is 4.17. The first-order chi connectivity index (χ1) is 12.1. The van der Waals surface area contributed by atoms with Crippen LogP contribution in [0.3, 0.4) is 0 Å². The van der Waals surface area contributed by atoms with Crippen molar-refractivity contribution in [3.63, 3.8) is 0 Å². The minimum absolute atomic E-state index is 0.153. The molecular formula is C20H29N3O2. The highest BCUT2D eigenvalue weighted by molar-refractivity contribution is 5.76. The summed E-state index contributed by atoms with van der Waals surface area (Å²) in [6.45, 7) is 6.98. The maximum atomic E-state index is 12.3. The normalized spacial score (nSPS) is 11.0. The van der Waals surface area contributed by atoms with Crippen molar-refractivity contribution in [2.75, 3.05) is 6.54 Å². The number of rotatable bonds is 10. The van der Waals surface area contributed by atoms with Crippen LogP contribution < -0.4 is 0 Å². The van der Waals surface area contributed by atoms with Crippen LogP contribution in [-0.4, -0.2) is 33.6 Å². The molecule has 5 heteroatoms. The van der Waals surface area contributed by atoms with Crippen molar-refractivity contribution in [1.82, 2.24) is 15.1 Å². The Kier molecular flexibility index (Phi) is 7.64. The lowest BCUT2D eigenvalue weighted by atomic mass is 10.1. The Morgan fingerprint density at radius 3 is 2.40 bits per heavy atom. The lowest BCUT2D eigenvalue weighted by molar-refractivity contribution is -0.132. The topological polar surface area (TPSA) is 59.2 Å². The fourth-order valence-corrected chi connectivity index (χ4v) is 2.85. The summed E-state index contributed by atoms with van der Waals surface area (Å²) in [5.74, 6) is 1.37. The Bertz CT molecular complexity index is 637. The van der Waals surface area contributed by atoms with E-state index in [0.717, 1.165) is 32.2 Å². The van der Waals surface area contributed by atoms with Crippen LogP contribution in [0.1, 0.15) is 57.4 Å². The van der Waals surface area contributed by atoms with Gasteiger partial charge in [-0.3, -0.25) is 4.79 Å². The van der Waals surface area contributed by atoms with Crippen LogP contribution in [0, 0.1) is 0 Å². The maximum Gasteiger partial charge on any atom is 0.223 e. The fraction of sp³-hybridized carbons (Fsp3) is 0.550. The first kappa shape index (κ1) is 19.2. The number of nitrogens with zero attached hydrogens (tertiary/aromatic N) is 3. The molecule has 136 valence electrons. The molecule has 0 fully saturated rings. The van der Waals surface area contributed by atoms with Crippen molar-refractivity contribution in [2.45, 2.75) is 65.3 Å². The molecule has 1 aromatic carbocycles. The van der Waals surface area contributed by atoms with Crippen LogP contribution in [0.25, 0.3) is 0 Å². The van der Waals surface area contributed by atoms with Gasteiger partial charge in [-0.05, 0) is 38.7 Å². The van der Waals surface area contributed by atoms with Crippen LogP contribution in [0.5, 0.6) is 0 Å². The van der Waals surface area contributed by atoms with Gasteiger partial charge in [0.1, 0.15) is 0 Å². The van der Waals surface area contributed by atoms with Gasteiger partial charge in [0.15, 0.2) is 0 Å². The molecule has 1 heterocycles. The van der Waals surface area contributed by atoms with E-state index >= 15 is 0 Å². The Morgan fingerprint density at radius 1 is 1.08 bits per heavy atom. The second-order valence-corrected chi connectivity index (χ2v) is 6.61. The molecule has 5 nitrogen and oxygen atoms in total. The van der Waals surface area contributed by atoms with Crippen molar-refractivity contribution < 1.29 is 9.21 Å². The molecule has 0 bridgehead atoms. The van der Waals surface area contributed by atoms with Crippen LogP contribution in [-0.2, 0) is 24.1 Å². The van der Waals surface area contributed by atoms with Crippen molar-refractivity contribution in [2.24, 2.45) is 0 Å². The standard InChI is InChI=1S/C20H29N3O2/c1-4-15-23(16(2)3)20(24)14-13-19-22-21-18(25-19)12-8-11-17-9-6-5-7-10-17/h5-7,9-10,16H,4,8,11-15H2,1-3H3. The van der Waals surface area contributed by atoms with E-state index in [2.05, 4.69) is 41.4 Å². The molecule has 0 atom stereocenters. The molecule has 1 amide bonds. The average Bonchev–Trinajstić information content (AvgIpc) is 3.06. The first-order valence-electron chi connectivity index (χ1n) is 9.24. The Hall–Kier alpha value is -2.17. The summed E-state index contributed by atoms with van der Waals surface area (Å²) in [5, 5.41) is 8.18. The van der Waals surface area contributed by atoms with Gasteiger partial charge < -0.3 is 9.32 Å². The average molecular weight is 343 g/mol. The molecule has 2 rings (SSSR count). The Labute approximate surface area is 150 Å². The molecule has 0 unspecified atom stereocenters. The van der Waals surface area contributed by atoms with Crippen LogP contribution in [0.2, 0.25) is 0 Å². The van der Waals surface area contributed by atoms with Crippen LogP contribution in [0.4, 0.5) is 0 Å². The van der Waals surface area contributed by atoms with Gasteiger partial charge in [-0.15, -0.1) is 10.2 Å². The number of hydrogen-bond donors (Lipinski definition) is 0. The van der Waals surface area contributed by atoms with Gasteiger partial charge in [-0.25, -0.2) is 0 Å². The third-order valence-corrected chi connectivity index (χ3v) is 4.17. The zero-order chi connectivity index (χ0) is 18.1. The summed E-state index contributed by atoms with van der Waals surface area (Å²) < 4.78 is 5.68. The summed E-state index contributed by atoms with van der Waals surface area (Å²) in [5.41, 5.74) is 1.32. The number of aromatic nitrogens is 2. The smallest absolute Gasteiger partial charge is 0.223 e. The van der Waals surface area contributed by atoms with E-state index in [-0.39, 0.29) is 11.9 Å². The Balaban J connectivity index is 1.76. The SMILES string of the molecule is CCCN(C(=O)CCc1nnc(CCCc2ccccc2)o1)C(C)C. The summed E-state index contributed by atoms with van der Waals surface area (Å²) in [7, 11) is 0. The molecule has 0 N–H and O–H groups in total. The predicted molar refractivity (Wildman–Crippen MR) is 98.2 cm³/mol. The highest BCUT2D eigenvalue weighted by atomic mass is 16.4. The molecule has 0 radical (unpaired) electrons. The molecular weight excluding hydrogens is 314 g/mol. The first-order valence-corrected chi connectivity index (χ1v) is 9.24. The lowest BCUT2D eigenvalue weighted by Crippen LogP contribution is -2.37. The summed E-state index contributed by atoms with van der Waals surface area (Å²) >= 11 is 0. The molecule has 0 aliphatic rings. The van der Waals surface area contributed by atoms with Gasteiger partial charge in [0, 0.05) is 31.8 Å². The van der Waals surface area contributed by atoms with Crippen LogP contribution in [0.15, 0.2) is 34.7 Å². The Morgan fingerprint density at radius 2 is 1.76 bits per heavy atom. The predicted octanol–water partition coefficient (Wildman–Crippen LogP) is 3.82. The van der Waals surface area contributed by atoms with Gasteiger partial charge >= 0.3 is 0 Å². The fourth-order valence-electron chi connectivity index (χ4n) is 2.85. The minimum Gasteiger partial charge on any atom is -0.425 e. The lowest BCUT2D eigenvalue weighted by Gasteiger charge is -2.26. The third kappa shape index (κ3) is 6.33. The highest BCUT2D eigenvalue weighted by Crippen LogP contribution is 2.10. The number of hydrogen-bond acceptors (Lipinski definition) is 4. The largest absolute Gasteiger partial charge is 0.425 e. The van der Waals surface area contributed by atoms with Gasteiger partial charge in [0.05, 0.1) is 0 Å². The molecule has 0 saturated heterocycles. The molecule has 25 heavy (non-hydrogen) atoms. The van der Waals surface area contributed by atoms with Crippen molar-refractivity contribution in [3.8, 4) is 0 Å². The molecule has 2 aromatic rings. The monoisotopic (exact) mass is 343 g/mol. The van der Waals surface area contributed by atoms with E-state index in [0.29, 0.717) is 24.6 Å². The van der Waals surface area contributed by atoms with Crippen molar-refractivity contribution >= 4 is 5.91 Å². The van der Waals surface area contributed by atoms with E-state index in [1.165, 1.54) is 5.56 Å². The number of benzene rings is 1. The van der Waals surface area contributed by atoms with Gasteiger partial charge in [-0.2, -0.15) is 0 Å². The second kappa shape index (κ2) is 9.97. The van der Waals surface area contributed by atoms with Crippen molar-refractivity contribution in [1.29, 1.82) is 0 Å². The van der Waals surface area contributed by atoms with E-state index in [1.54, 1.807) is 0 Å². The minimum atomic E-state index is 0.153. The van der Waals surface area contributed by atoms with E-state index in [9.17, 15) is 4.79 Å². The number of carbonyl (C=O) groups excluding carboxylic acids is 1. The van der Waals surface area contributed by atoms with Gasteiger partial charge in [0.25, 0.3) is 0 Å². The highest BCUT2D eigenvalue weighted by Gasteiger charge is 2.17. The van der Waals surface area contributed by atoms with Gasteiger partial charge in [0.2, 0.25) is 17.7 Å². The second-order valence-electron chi connectivity index (χ2n) is 6.61. The molecule has 0 saturated carbocycles. The summed E-state index contributed by atoms with van der Waals surface area (Å²) in [4.78, 5) is 14.2. The molecule has 0 aliphatic carbocycles. The maximum absolute atomic E-state index is 12.3. The number of aryl methyl sites for hydroxylation is 3. The quantitative estimate of drug-likeness (QED) is 0.658. The van der Waals surface area contributed by atoms with Crippen molar-refractivity contribution in [3.05, 3.63) is 47.7 Å². The number of carbonyl (C=O) groups is 1. The number of amides is 1. The summed E-state index contributed by atoms with van der Waals surface area (Å²) in [6, 6.07) is 10.6. The van der Waals surface area contributed by atoms with E-state index < -0.39 is 0 Å². The zero-order valence-electron chi connectivity index (χ0n) is 15.6. The summed E-state index contributed by atoms with van der Waals surface area (Å²) in [6.07, 6.45) is 4.64. The zero-order valence-corrected chi connectivity index (χ0v) is 15.6. The van der Waals surface area contributed by atoms with E-state index in [1.807, 2.05) is 24.8 Å². The van der Waals surface area contributed by atoms with Crippen LogP contribution >= 0.6 is 0 Å². The molecule has 0 spiro atoms. The van der Waals surface area contributed by atoms with E-state index in [4.69, 9.17) is 4.42 Å². The molecule has 1 aromatic heterocycles. The van der Waals surface area contributed by atoms with Gasteiger partial charge in [-0.1, -0.05) is 37.3 Å².